The molecule has 0 saturated carbocycles. The van der Waals surface area contributed by atoms with Crippen molar-refractivity contribution in [2.24, 2.45) is 0 Å². The lowest BCUT2D eigenvalue weighted by Crippen LogP contribution is -1.94. The Hall–Kier alpha value is -2.43. The van der Waals surface area contributed by atoms with Crippen molar-refractivity contribution in [3.63, 3.8) is 0 Å². The van der Waals surface area contributed by atoms with E-state index in [1.807, 2.05) is 6.26 Å². The Kier molecular flexibility index (Phi) is 3.29. The normalized spacial score (nSPS) is 12.6. The largest absolute Gasteiger partial charge is 0.454 e. The Morgan fingerprint density at radius 2 is 2.09 bits per heavy atom. The molecule has 0 bridgehead atoms. The van der Waals surface area contributed by atoms with Crippen LogP contribution < -0.4 is 9.47 Å². The fourth-order valence-corrected chi connectivity index (χ4v) is 3.09. The number of hydrogen-bond donors (Lipinski definition) is 1. The Morgan fingerprint density at radius 3 is 2.83 bits per heavy atom. The van der Waals surface area contributed by atoms with E-state index in [-0.39, 0.29) is 6.79 Å². The number of H-pyrrole nitrogens is 1. The van der Waals surface area contributed by atoms with Crippen molar-refractivity contribution in [1.29, 1.82) is 5.26 Å². The molecule has 23 heavy (non-hydrogen) atoms. The monoisotopic (exact) mass is 344 g/mol. The van der Waals surface area contributed by atoms with Crippen molar-refractivity contribution in [3.05, 3.63) is 28.9 Å². The van der Waals surface area contributed by atoms with Gasteiger partial charge in [-0.2, -0.15) is 5.26 Å². The van der Waals surface area contributed by atoms with Crippen molar-refractivity contribution in [2.75, 3.05) is 13.0 Å². The van der Waals surface area contributed by atoms with Crippen LogP contribution in [0, 0.1) is 11.3 Å². The predicted octanol–water partition coefficient (Wildman–Crippen LogP) is 3.60. The minimum atomic E-state index is 0.165. The number of aromatic amines is 1. The maximum Gasteiger partial charge on any atom is 0.231 e. The zero-order valence-electron chi connectivity index (χ0n) is 11.9. The summed E-state index contributed by atoms with van der Waals surface area (Å²) in [5, 5.41) is 11.1. The molecule has 0 atom stereocenters. The van der Waals surface area contributed by atoms with E-state index in [1.165, 1.54) is 11.8 Å². The fourth-order valence-electron chi connectivity index (χ4n) is 2.49. The van der Waals surface area contributed by atoms with Crippen LogP contribution in [0.1, 0.15) is 5.56 Å². The number of nitriles is 1. The van der Waals surface area contributed by atoms with Crippen molar-refractivity contribution in [3.8, 4) is 28.8 Å². The Morgan fingerprint density at radius 1 is 1.30 bits per heavy atom. The molecule has 1 N–H and O–H groups in total. The van der Waals surface area contributed by atoms with Crippen LogP contribution in [0.5, 0.6) is 11.5 Å². The second-order valence-corrected chi connectivity index (χ2v) is 5.96. The molecule has 8 heteroatoms. The molecule has 1 aliphatic heterocycles. The summed E-state index contributed by atoms with van der Waals surface area (Å²) in [6.45, 7) is 0.165. The second-order valence-electron chi connectivity index (χ2n) is 4.78. The summed E-state index contributed by atoms with van der Waals surface area (Å²) < 4.78 is 10.8. The molecule has 3 heterocycles. The third-order valence-corrected chi connectivity index (χ3v) is 4.39. The standard InChI is InChI=1S/C15H9ClN4O2S/c1-23-15-19-13(12-7(4-17)5-18-14(12)20-15)8-2-10-11(3-9(8)16)22-6-21-10/h2-3,5H,6H2,1H3,(H,18,19,20). The van der Waals surface area contributed by atoms with E-state index >= 15 is 0 Å². The van der Waals surface area contributed by atoms with E-state index in [9.17, 15) is 5.26 Å². The first kappa shape index (κ1) is 14.2. The van der Waals surface area contributed by atoms with Gasteiger partial charge >= 0.3 is 0 Å². The van der Waals surface area contributed by atoms with Gasteiger partial charge in [-0.25, -0.2) is 9.97 Å². The van der Waals surface area contributed by atoms with Crippen LogP contribution in [0.2, 0.25) is 5.02 Å². The molecule has 0 radical (unpaired) electrons. The lowest BCUT2D eigenvalue weighted by Gasteiger charge is -2.08. The molecule has 4 rings (SSSR count). The highest BCUT2D eigenvalue weighted by atomic mass is 35.5. The molecule has 0 spiro atoms. The number of benzene rings is 1. The van der Waals surface area contributed by atoms with Gasteiger partial charge in [-0.15, -0.1) is 0 Å². The van der Waals surface area contributed by atoms with E-state index in [0.29, 0.717) is 49.5 Å². The van der Waals surface area contributed by atoms with Crippen LogP contribution in [0.15, 0.2) is 23.5 Å². The van der Waals surface area contributed by atoms with Crippen LogP contribution in [0.3, 0.4) is 0 Å². The van der Waals surface area contributed by atoms with E-state index in [1.54, 1.807) is 18.3 Å². The number of halogens is 1. The van der Waals surface area contributed by atoms with Crippen LogP contribution >= 0.6 is 23.4 Å². The molecule has 0 saturated heterocycles. The van der Waals surface area contributed by atoms with Gasteiger partial charge < -0.3 is 14.5 Å². The first-order chi connectivity index (χ1) is 11.2. The van der Waals surface area contributed by atoms with Gasteiger partial charge in [-0.05, 0) is 12.3 Å². The molecule has 1 aromatic carbocycles. The Bertz CT molecular complexity index is 980. The zero-order chi connectivity index (χ0) is 16.0. The predicted molar refractivity (Wildman–Crippen MR) is 87.0 cm³/mol. The molecule has 0 amide bonds. The number of nitrogens with one attached hydrogen (secondary N) is 1. The Balaban J connectivity index is 2.05. The molecule has 0 aliphatic carbocycles. The molecule has 6 nitrogen and oxygen atoms in total. The number of nitrogens with zero attached hydrogens (tertiary/aromatic N) is 3. The molecular formula is C15H9ClN4O2S. The summed E-state index contributed by atoms with van der Waals surface area (Å²) in [5.74, 6) is 1.21. The van der Waals surface area contributed by atoms with Crippen molar-refractivity contribution >= 4 is 34.4 Å². The second kappa shape index (κ2) is 5.33. The summed E-state index contributed by atoms with van der Waals surface area (Å²) >= 11 is 7.82. The molecule has 0 fully saturated rings. The maximum absolute atomic E-state index is 9.34. The number of hydrogen-bond acceptors (Lipinski definition) is 6. The van der Waals surface area contributed by atoms with Gasteiger partial charge in [0.05, 0.1) is 21.7 Å². The van der Waals surface area contributed by atoms with E-state index in [0.717, 1.165) is 0 Å². The molecular weight excluding hydrogens is 336 g/mol. The zero-order valence-corrected chi connectivity index (χ0v) is 13.5. The number of aromatic nitrogens is 3. The quantitative estimate of drug-likeness (QED) is 0.565. The lowest BCUT2D eigenvalue weighted by molar-refractivity contribution is 0.174. The van der Waals surface area contributed by atoms with Gasteiger partial charge in [-0.3, -0.25) is 0 Å². The van der Waals surface area contributed by atoms with Gasteiger partial charge in [-0.1, -0.05) is 23.4 Å². The number of rotatable bonds is 2. The molecule has 3 aromatic rings. The average molecular weight is 345 g/mol. The highest BCUT2D eigenvalue weighted by Crippen LogP contribution is 2.42. The summed E-state index contributed by atoms with van der Waals surface area (Å²) in [6, 6.07) is 5.63. The summed E-state index contributed by atoms with van der Waals surface area (Å²) in [7, 11) is 0. The first-order valence-electron chi connectivity index (χ1n) is 6.64. The first-order valence-corrected chi connectivity index (χ1v) is 8.24. The smallest absolute Gasteiger partial charge is 0.231 e. The maximum atomic E-state index is 9.34. The molecule has 2 aromatic heterocycles. The van der Waals surface area contributed by atoms with Crippen LogP contribution in [0.25, 0.3) is 22.3 Å². The molecule has 114 valence electrons. The average Bonchev–Trinajstić information content (AvgIpc) is 3.18. The third-order valence-electron chi connectivity index (χ3n) is 3.53. The lowest BCUT2D eigenvalue weighted by atomic mass is 10.1. The highest BCUT2D eigenvalue weighted by molar-refractivity contribution is 7.98. The summed E-state index contributed by atoms with van der Waals surface area (Å²) in [5.41, 5.74) is 2.34. The minimum Gasteiger partial charge on any atom is -0.454 e. The van der Waals surface area contributed by atoms with Gasteiger partial charge in [0, 0.05) is 17.8 Å². The number of thioether (sulfide) groups is 1. The SMILES string of the molecule is CSc1nc(-c2cc3c(cc2Cl)OCO3)c2c(C#N)c[nH]c2n1. The van der Waals surface area contributed by atoms with Crippen molar-refractivity contribution in [2.45, 2.75) is 5.16 Å². The molecule has 0 unspecified atom stereocenters. The minimum absolute atomic E-state index is 0.165. The number of ether oxygens (including phenoxy) is 2. The van der Waals surface area contributed by atoms with Gasteiger partial charge in [0.15, 0.2) is 16.7 Å². The van der Waals surface area contributed by atoms with Gasteiger partial charge in [0.1, 0.15) is 11.7 Å². The van der Waals surface area contributed by atoms with E-state index in [2.05, 4.69) is 21.0 Å². The topological polar surface area (TPSA) is 83.8 Å². The van der Waals surface area contributed by atoms with Crippen molar-refractivity contribution in [1.82, 2.24) is 15.0 Å². The summed E-state index contributed by atoms with van der Waals surface area (Å²) in [4.78, 5) is 12.0. The van der Waals surface area contributed by atoms with Crippen LogP contribution in [-0.2, 0) is 0 Å². The Labute approximate surface area is 140 Å². The fraction of sp³-hybridized carbons (Fsp3) is 0.133. The third kappa shape index (κ3) is 2.19. The van der Waals surface area contributed by atoms with Crippen LogP contribution in [0.4, 0.5) is 0 Å². The number of fused-ring (bicyclic) bond motifs is 2. The molecule has 1 aliphatic rings. The van der Waals surface area contributed by atoms with Gasteiger partial charge in [0.2, 0.25) is 6.79 Å². The van der Waals surface area contributed by atoms with Crippen LogP contribution in [-0.4, -0.2) is 28.0 Å². The van der Waals surface area contributed by atoms with E-state index < -0.39 is 0 Å². The van der Waals surface area contributed by atoms with Gasteiger partial charge in [0.25, 0.3) is 0 Å². The van der Waals surface area contributed by atoms with E-state index in [4.69, 9.17) is 21.1 Å². The van der Waals surface area contributed by atoms with Crippen molar-refractivity contribution < 1.29 is 9.47 Å². The highest BCUT2D eigenvalue weighted by Gasteiger charge is 2.22. The summed E-state index contributed by atoms with van der Waals surface area (Å²) in [6.07, 6.45) is 3.51.